The fourth-order valence-corrected chi connectivity index (χ4v) is 3.22. The number of anilines is 1. The highest BCUT2D eigenvalue weighted by Crippen LogP contribution is 2.21. The third-order valence-electron chi connectivity index (χ3n) is 4.60. The van der Waals surface area contributed by atoms with Gasteiger partial charge >= 0.3 is 0 Å². The maximum absolute atomic E-state index is 12.5. The molecule has 0 saturated carbocycles. The van der Waals surface area contributed by atoms with Crippen molar-refractivity contribution < 1.29 is 4.79 Å². The lowest BCUT2D eigenvalue weighted by Crippen LogP contribution is -2.35. The van der Waals surface area contributed by atoms with Gasteiger partial charge in [-0.1, -0.05) is 6.92 Å². The topological polar surface area (TPSA) is 75.9 Å². The van der Waals surface area contributed by atoms with Crippen LogP contribution in [0.15, 0.2) is 24.7 Å². The molecule has 3 rings (SSSR count). The number of carbonyl (C=O) groups is 1. The normalized spacial score (nSPS) is 17.8. The third-order valence-corrected chi connectivity index (χ3v) is 4.60. The van der Waals surface area contributed by atoms with Crippen molar-refractivity contribution in [2.45, 2.75) is 46.2 Å². The van der Waals surface area contributed by atoms with E-state index >= 15 is 0 Å². The molecule has 1 unspecified atom stereocenters. The van der Waals surface area contributed by atoms with Crippen molar-refractivity contribution in [3.8, 4) is 0 Å². The summed E-state index contributed by atoms with van der Waals surface area (Å²) in [6.07, 6.45) is 5.83. The molecule has 1 amide bonds. The van der Waals surface area contributed by atoms with E-state index in [4.69, 9.17) is 0 Å². The zero-order valence-electron chi connectivity index (χ0n) is 15.1. The van der Waals surface area contributed by atoms with Gasteiger partial charge in [-0.15, -0.1) is 10.2 Å². The summed E-state index contributed by atoms with van der Waals surface area (Å²) in [5, 5.41) is 10.9. The highest BCUT2D eigenvalue weighted by atomic mass is 16.1. The molecule has 1 fully saturated rings. The Morgan fingerprint density at radius 2 is 2.28 bits per heavy atom. The van der Waals surface area contributed by atoms with E-state index in [2.05, 4.69) is 46.2 Å². The number of amides is 1. The second kappa shape index (κ2) is 7.63. The number of rotatable bonds is 5. The Bertz CT molecular complexity index is 726. The molecular formula is C18H26N6O. The number of nitrogens with one attached hydrogen (secondary N) is 1. The maximum atomic E-state index is 12.5. The molecule has 0 bridgehead atoms. The SMILES string of the molecule is CC1CCCN(c2cc(C(=O)NCc3nncn3C(C)C)ccn2)C1. The van der Waals surface area contributed by atoms with Crippen LogP contribution in [0.1, 0.15) is 55.8 Å². The monoisotopic (exact) mass is 342 g/mol. The molecule has 134 valence electrons. The predicted octanol–water partition coefficient (Wildman–Crippen LogP) is 2.42. The van der Waals surface area contributed by atoms with Gasteiger partial charge in [-0.2, -0.15) is 0 Å². The van der Waals surface area contributed by atoms with Crippen LogP contribution in [0, 0.1) is 5.92 Å². The first kappa shape index (κ1) is 17.4. The summed E-state index contributed by atoms with van der Waals surface area (Å²) in [6.45, 7) is 8.73. The number of pyridine rings is 1. The Kier molecular flexibility index (Phi) is 5.31. The van der Waals surface area contributed by atoms with Crippen LogP contribution < -0.4 is 10.2 Å². The molecule has 2 aromatic heterocycles. The molecule has 1 atom stereocenters. The van der Waals surface area contributed by atoms with Crippen LogP contribution >= 0.6 is 0 Å². The summed E-state index contributed by atoms with van der Waals surface area (Å²) in [5.74, 6) is 2.18. The number of hydrogen-bond donors (Lipinski definition) is 1. The average molecular weight is 342 g/mol. The molecule has 1 saturated heterocycles. The van der Waals surface area contributed by atoms with E-state index < -0.39 is 0 Å². The number of aromatic nitrogens is 4. The molecule has 3 heterocycles. The van der Waals surface area contributed by atoms with E-state index in [0.29, 0.717) is 18.0 Å². The molecule has 25 heavy (non-hydrogen) atoms. The molecule has 1 N–H and O–H groups in total. The summed E-state index contributed by atoms with van der Waals surface area (Å²) in [5.41, 5.74) is 0.624. The van der Waals surface area contributed by atoms with E-state index in [9.17, 15) is 4.79 Å². The van der Waals surface area contributed by atoms with Gasteiger partial charge in [0.2, 0.25) is 0 Å². The highest BCUT2D eigenvalue weighted by Gasteiger charge is 2.18. The minimum atomic E-state index is -0.119. The van der Waals surface area contributed by atoms with Gasteiger partial charge in [0.05, 0.1) is 6.54 Å². The summed E-state index contributed by atoms with van der Waals surface area (Å²) in [7, 11) is 0. The fourth-order valence-electron chi connectivity index (χ4n) is 3.22. The first-order valence-corrected chi connectivity index (χ1v) is 8.92. The second-order valence-electron chi connectivity index (χ2n) is 7.03. The predicted molar refractivity (Wildman–Crippen MR) is 96.4 cm³/mol. The van der Waals surface area contributed by atoms with Gasteiger partial charge in [-0.3, -0.25) is 4.79 Å². The molecule has 1 aliphatic heterocycles. The largest absolute Gasteiger partial charge is 0.356 e. The summed E-state index contributed by atoms with van der Waals surface area (Å²) >= 11 is 0. The number of hydrogen-bond acceptors (Lipinski definition) is 5. The third kappa shape index (κ3) is 4.15. The first-order chi connectivity index (χ1) is 12.0. The summed E-state index contributed by atoms with van der Waals surface area (Å²) in [4.78, 5) is 19.2. The van der Waals surface area contributed by atoms with Crippen LogP contribution in [-0.4, -0.2) is 38.7 Å². The van der Waals surface area contributed by atoms with Gasteiger partial charge in [0, 0.05) is 30.9 Å². The Hall–Kier alpha value is -2.44. The highest BCUT2D eigenvalue weighted by molar-refractivity contribution is 5.94. The van der Waals surface area contributed by atoms with E-state index in [1.165, 1.54) is 12.8 Å². The van der Waals surface area contributed by atoms with Crippen molar-refractivity contribution in [1.82, 2.24) is 25.1 Å². The van der Waals surface area contributed by atoms with Gasteiger partial charge in [0.25, 0.3) is 5.91 Å². The van der Waals surface area contributed by atoms with E-state index in [1.54, 1.807) is 18.6 Å². The second-order valence-corrected chi connectivity index (χ2v) is 7.03. The zero-order valence-corrected chi connectivity index (χ0v) is 15.1. The quantitative estimate of drug-likeness (QED) is 0.903. The van der Waals surface area contributed by atoms with Crippen molar-refractivity contribution >= 4 is 11.7 Å². The fraction of sp³-hybridized carbons (Fsp3) is 0.556. The summed E-state index contributed by atoms with van der Waals surface area (Å²) < 4.78 is 1.95. The lowest BCUT2D eigenvalue weighted by molar-refractivity contribution is 0.0949. The molecule has 0 spiro atoms. The summed E-state index contributed by atoms with van der Waals surface area (Å²) in [6, 6.07) is 3.88. The zero-order chi connectivity index (χ0) is 17.8. The molecule has 0 aliphatic carbocycles. The van der Waals surface area contributed by atoms with Gasteiger partial charge in [-0.05, 0) is 44.7 Å². The van der Waals surface area contributed by atoms with Crippen LogP contribution in [0.5, 0.6) is 0 Å². The lowest BCUT2D eigenvalue weighted by atomic mass is 10.0. The molecule has 7 nitrogen and oxygen atoms in total. The van der Waals surface area contributed by atoms with Crippen LogP contribution in [0.2, 0.25) is 0 Å². The number of piperidine rings is 1. The van der Waals surface area contributed by atoms with E-state index in [-0.39, 0.29) is 11.9 Å². The minimum Gasteiger partial charge on any atom is -0.356 e. The van der Waals surface area contributed by atoms with Gasteiger partial charge < -0.3 is 14.8 Å². The molecule has 0 aromatic carbocycles. The molecule has 7 heteroatoms. The van der Waals surface area contributed by atoms with Crippen LogP contribution in [0.3, 0.4) is 0 Å². The van der Waals surface area contributed by atoms with Crippen molar-refractivity contribution in [2.24, 2.45) is 5.92 Å². The lowest BCUT2D eigenvalue weighted by Gasteiger charge is -2.31. The van der Waals surface area contributed by atoms with Crippen LogP contribution in [-0.2, 0) is 6.54 Å². The molecular weight excluding hydrogens is 316 g/mol. The Morgan fingerprint density at radius 1 is 1.44 bits per heavy atom. The molecule has 2 aromatic rings. The van der Waals surface area contributed by atoms with Gasteiger partial charge in [0.15, 0.2) is 5.82 Å². The smallest absolute Gasteiger partial charge is 0.251 e. The Labute approximate surface area is 148 Å². The minimum absolute atomic E-state index is 0.119. The standard InChI is InChI=1S/C18H26N6O/c1-13(2)24-12-21-22-17(24)10-20-18(25)15-6-7-19-16(9-15)23-8-4-5-14(3)11-23/h6-7,9,12-14H,4-5,8,10-11H2,1-3H3,(H,20,25). The van der Waals surface area contributed by atoms with Crippen molar-refractivity contribution in [2.75, 3.05) is 18.0 Å². The van der Waals surface area contributed by atoms with Crippen molar-refractivity contribution in [3.63, 3.8) is 0 Å². The number of carbonyl (C=O) groups excluding carboxylic acids is 1. The maximum Gasteiger partial charge on any atom is 0.251 e. The molecule has 1 aliphatic rings. The Morgan fingerprint density at radius 3 is 3.04 bits per heavy atom. The Balaban J connectivity index is 1.66. The van der Waals surface area contributed by atoms with Gasteiger partial charge in [-0.25, -0.2) is 4.98 Å². The van der Waals surface area contributed by atoms with Crippen LogP contribution in [0.4, 0.5) is 5.82 Å². The van der Waals surface area contributed by atoms with Crippen molar-refractivity contribution in [3.05, 3.63) is 36.0 Å². The number of nitrogens with zero attached hydrogens (tertiary/aromatic N) is 5. The van der Waals surface area contributed by atoms with Gasteiger partial charge in [0.1, 0.15) is 12.1 Å². The molecule has 0 radical (unpaired) electrons. The van der Waals surface area contributed by atoms with Crippen LogP contribution in [0.25, 0.3) is 0 Å². The van der Waals surface area contributed by atoms with E-state index in [0.717, 1.165) is 24.7 Å². The average Bonchev–Trinajstić information content (AvgIpc) is 3.09. The van der Waals surface area contributed by atoms with Crippen molar-refractivity contribution in [1.29, 1.82) is 0 Å². The first-order valence-electron chi connectivity index (χ1n) is 8.92. The van der Waals surface area contributed by atoms with E-state index in [1.807, 2.05) is 10.6 Å².